The lowest BCUT2D eigenvalue weighted by Gasteiger charge is -2.26. The van der Waals surface area contributed by atoms with Crippen molar-refractivity contribution in [3.63, 3.8) is 0 Å². The number of nitrogens with zero attached hydrogens (tertiary/aromatic N) is 4. The van der Waals surface area contributed by atoms with Gasteiger partial charge in [-0.3, -0.25) is 18.6 Å². The first-order chi connectivity index (χ1) is 21.7. The first kappa shape index (κ1) is 34.9. The van der Waals surface area contributed by atoms with Gasteiger partial charge in [-0.25, -0.2) is 14.6 Å². The summed E-state index contributed by atoms with van der Waals surface area (Å²) in [6, 6.07) is -0.488. The maximum absolute atomic E-state index is 13.6. The van der Waals surface area contributed by atoms with Crippen molar-refractivity contribution >= 4 is 53.5 Å². The molecule has 0 aromatic carbocycles. The van der Waals surface area contributed by atoms with Crippen LogP contribution in [0.2, 0.25) is 0 Å². The van der Waals surface area contributed by atoms with Crippen molar-refractivity contribution in [1.82, 2.24) is 24.6 Å². The highest BCUT2D eigenvalue weighted by Gasteiger charge is 2.85. The van der Waals surface area contributed by atoms with E-state index in [1.165, 1.54) is 6.33 Å². The fourth-order valence-corrected chi connectivity index (χ4v) is 7.73. The summed E-state index contributed by atoms with van der Waals surface area (Å²) in [7, 11) is -4.10. The van der Waals surface area contributed by atoms with Gasteiger partial charge in [0.15, 0.2) is 22.1 Å². The minimum atomic E-state index is -4.10. The number of carbonyl (C=O) groups is 2. The second-order valence-corrected chi connectivity index (χ2v) is 15.3. The van der Waals surface area contributed by atoms with Crippen molar-refractivity contribution in [2.75, 3.05) is 49.8 Å². The Kier molecular flexibility index (Phi) is 10.0. The number of thioether (sulfide) groups is 1. The molecule has 2 saturated carbocycles. The van der Waals surface area contributed by atoms with Gasteiger partial charge in [-0.1, -0.05) is 11.8 Å². The van der Waals surface area contributed by atoms with E-state index < -0.39 is 55.2 Å². The smallest absolute Gasteiger partial charge is 0.405 e. The molecule has 6 atom stereocenters. The summed E-state index contributed by atoms with van der Waals surface area (Å²) in [5, 5.41) is 37.9. The third-order valence-corrected chi connectivity index (χ3v) is 11.2. The topological polar surface area (TPSA) is 242 Å². The number of imidazole rings is 1. The van der Waals surface area contributed by atoms with E-state index in [0.29, 0.717) is 17.0 Å². The average Bonchev–Trinajstić information content (AvgIpc) is 3.83. The molecule has 2 aromatic heterocycles. The third kappa shape index (κ3) is 6.77. The molecule has 256 valence electrons. The van der Waals surface area contributed by atoms with Crippen LogP contribution in [0.1, 0.15) is 53.0 Å². The number of aromatic nitrogens is 4. The van der Waals surface area contributed by atoms with Gasteiger partial charge in [-0.2, -0.15) is 9.97 Å². The standard InChI is InChI=1S/C27H42N7O10PS/c1-5-41-17(36)8-9-30-45(40,42-10-11-46-23(38)25(2,3)13-35)43-12-16-19(37)27(39)22(26(27,4)44-16)34-14-29-18-20(31-15-6-7-15)32-24(28)33-21(18)34/h14-16,19,22,35,37,39H,5-13H2,1-4H3,(H,30,40)(H3,28,31,32,33). The number of anilines is 2. The summed E-state index contributed by atoms with van der Waals surface area (Å²) in [4.78, 5) is 37.2. The van der Waals surface area contributed by atoms with Crippen LogP contribution in [0, 0.1) is 5.41 Å². The molecule has 0 radical (unpaired) electrons. The van der Waals surface area contributed by atoms with Crippen LogP contribution in [0.4, 0.5) is 11.8 Å². The Bertz CT molecular complexity index is 1510. The molecule has 17 nitrogen and oxygen atoms in total. The number of hydrogen-bond donors (Lipinski definition) is 6. The number of aliphatic hydroxyl groups is 3. The Morgan fingerprint density at radius 1 is 1.30 bits per heavy atom. The minimum absolute atomic E-state index is 0.0270. The summed E-state index contributed by atoms with van der Waals surface area (Å²) >= 11 is 0.911. The highest BCUT2D eigenvalue weighted by atomic mass is 32.2. The SMILES string of the molecule is CCOC(=O)CCNP(=O)(OCCSC(=O)C(C)(C)CO)OCC1OC2(C)C(n3cnc4c(NC5CC5)nc(N)nc43)C2(O)C1O. The Hall–Kier alpha value is -2.41. The molecule has 0 amide bonds. The number of carbonyl (C=O) groups excluding carboxylic acids is 2. The van der Waals surface area contributed by atoms with Gasteiger partial charge in [-0.15, -0.1) is 0 Å². The van der Waals surface area contributed by atoms with Gasteiger partial charge in [0.1, 0.15) is 29.5 Å². The first-order valence-electron chi connectivity index (χ1n) is 15.1. The monoisotopic (exact) mass is 687 g/mol. The van der Waals surface area contributed by atoms with Gasteiger partial charge in [0, 0.05) is 18.3 Å². The number of nitrogens with one attached hydrogen (secondary N) is 2. The number of nitrogens with two attached hydrogens (primary N) is 1. The highest BCUT2D eigenvalue weighted by molar-refractivity contribution is 8.13. The number of ether oxygens (including phenoxy) is 2. The normalized spacial score (nSPS) is 28.5. The van der Waals surface area contributed by atoms with Gasteiger partial charge in [0.05, 0.1) is 44.6 Å². The second kappa shape index (κ2) is 13.2. The Labute approximate surface area is 269 Å². The lowest BCUT2D eigenvalue weighted by atomic mass is 9.97. The summed E-state index contributed by atoms with van der Waals surface area (Å²) in [5.41, 5.74) is 2.81. The van der Waals surface area contributed by atoms with E-state index in [9.17, 15) is 29.5 Å². The van der Waals surface area contributed by atoms with E-state index in [1.807, 2.05) is 0 Å². The van der Waals surface area contributed by atoms with Crippen LogP contribution < -0.4 is 16.1 Å². The average molecular weight is 688 g/mol. The molecule has 19 heteroatoms. The summed E-state index contributed by atoms with van der Waals surface area (Å²) in [6.07, 6.45) is 0.829. The van der Waals surface area contributed by atoms with E-state index in [0.717, 1.165) is 24.6 Å². The van der Waals surface area contributed by atoms with Crippen molar-refractivity contribution in [2.24, 2.45) is 5.41 Å². The van der Waals surface area contributed by atoms with Gasteiger partial charge in [0.2, 0.25) is 5.95 Å². The molecule has 0 spiro atoms. The van der Waals surface area contributed by atoms with E-state index in [2.05, 4.69) is 25.4 Å². The first-order valence-corrected chi connectivity index (χ1v) is 17.6. The highest BCUT2D eigenvalue weighted by Crippen LogP contribution is 2.68. The maximum atomic E-state index is 13.6. The number of esters is 1. The molecule has 6 unspecified atom stereocenters. The van der Waals surface area contributed by atoms with E-state index in [4.69, 9.17) is 24.3 Å². The van der Waals surface area contributed by atoms with E-state index >= 15 is 0 Å². The van der Waals surface area contributed by atoms with Crippen molar-refractivity contribution in [1.29, 1.82) is 0 Å². The number of fused-ring (bicyclic) bond motifs is 2. The van der Waals surface area contributed by atoms with Crippen molar-refractivity contribution in [3.8, 4) is 0 Å². The fourth-order valence-electron chi connectivity index (χ4n) is 5.48. The minimum Gasteiger partial charge on any atom is -0.466 e. The van der Waals surface area contributed by atoms with Crippen molar-refractivity contribution in [3.05, 3.63) is 6.33 Å². The zero-order valence-corrected chi connectivity index (χ0v) is 27.9. The van der Waals surface area contributed by atoms with Crippen LogP contribution in [0.3, 0.4) is 0 Å². The van der Waals surface area contributed by atoms with Crippen LogP contribution in [-0.2, 0) is 32.7 Å². The number of rotatable bonds is 17. The van der Waals surface area contributed by atoms with Crippen LogP contribution in [0.25, 0.3) is 11.2 Å². The Balaban J connectivity index is 1.23. The second-order valence-electron chi connectivity index (χ2n) is 12.4. The summed E-state index contributed by atoms with van der Waals surface area (Å²) < 4.78 is 37.4. The van der Waals surface area contributed by atoms with Crippen LogP contribution >= 0.6 is 19.5 Å². The van der Waals surface area contributed by atoms with Crippen LogP contribution in [0.5, 0.6) is 0 Å². The predicted molar refractivity (Wildman–Crippen MR) is 167 cm³/mol. The molecular weight excluding hydrogens is 645 g/mol. The molecule has 7 N–H and O–H groups in total. The molecule has 2 aromatic rings. The largest absolute Gasteiger partial charge is 0.466 e. The molecule has 0 bridgehead atoms. The Morgan fingerprint density at radius 2 is 2.04 bits per heavy atom. The van der Waals surface area contributed by atoms with Crippen LogP contribution in [-0.4, -0.2) is 114 Å². The molecular formula is C27H42N7O10PS. The maximum Gasteiger partial charge on any atom is 0.405 e. The molecule has 1 aliphatic heterocycles. The molecule has 1 saturated heterocycles. The van der Waals surface area contributed by atoms with Gasteiger partial charge < -0.3 is 40.4 Å². The van der Waals surface area contributed by atoms with E-state index in [1.54, 1.807) is 32.3 Å². The third-order valence-electron chi connectivity index (χ3n) is 8.36. The summed E-state index contributed by atoms with van der Waals surface area (Å²) in [5.74, 6) is 0.117. The van der Waals surface area contributed by atoms with Gasteiger partial charge >= 0.3 is 13.7 Å². The molecule has 3 aliphatic rings. The number of aliphatic hydroxyl groups excluding tert-OH is 2. The predicted octanol–water partition coefficient (Wildman–Crippen LogP) is 0.749. The molecule has 3 heterocycles. The fraction of sp³-hybridized carbons (Fsp3) is 0.741. The zero-order chi connectivity index (χ0) is 33.5. The van der Waals surface area contributed by atoms with Crippen molar-refractivity contribution < 1.29 is 48.0 Å². The number of hydrogen-bond acceptors (Lipinski definition) is 16. The quantitative estimate of drug-likeness (QED) is 0.0763. The summed E-state index contributed by atoms with van der Waals surface area (Å²) in [6.45, 7) is 5.65. The molecule has 3 fully saturated rings. The van der Waals surface area contributed by atoms with Gasteiger partial charge in [0.25, 0.3) is 0 Å². The zero-order valence-electron chi connectivity index (χ0n) is 26.2. The lowest BCUT2D eigenvalue weighted by Crippen LogP contribution is -2.40. The molecule has 5 rings (SSSR count). The van der Waals surface area contributed by atoms with Gasteiger partial charge in [-0.05, 0) is 40.5 Å². The number of nitrogen functional groups attached to an aromatic ring is 1. The van der Waals surface area contributed by atoms with Crippen LogP contribution in [0.15, 0.2) is 6.33 Å². The molecule has 2 aliphatic carbocycles. The van der Waals surface area contributed by atoms with E-state index in [-0.39, 0.29) is 55.6 Å². The Morgan fingerprint density at radius 3 is 2.67 bits per heavy atom. The lowest BCUT2D eigenvalue weighted by molar-refractivity contribution is -0.142. The van der Waals surface area contributed by atoms with Crippen molar-refractivity contribution in [2.45, 2.75) is 82.5 Å². The molecule has 46 heavy (non-hydrogen) atoms.